The maximum absolute atomic E-state index is 5.61. The van der Waals surface area contributed by atoms with Crippen LogP contribution in [0.5, 0.6) is 5.75 Å². The van der Waals surface area contributed by atoms with Crippen LogP contribution in [0.2, 0.25) is 0 Å². The van der Waals surface area contributed by atoms with Gasteiger partial charge in [0.1, 0.15) is 5.75 Å². The Morgan fingerprint density at radius 3 is 2.83 bits per heavy atom. The lowest BCUT2D eigenvalue weighted by Crippen LogP contribution is -2.29. The van der Waals surface area contributed by atoms with Gasteiger partial charge in [0.15, 0.2) is 0 Å². The molecule has 96 valence electrons. The fraction of sp³-hybridized carbons (Fsp3) is 0.286. The number of nitrogens with one attached hydrogen (secondary N) is 1. The van der Waals surface area contributed by atoms with Gasteiger partial charge in [-0.25, -0.2) is 0 Å². The van der Waals surface area contributed by atoms with Crippen molar-refractivity contribution in [3.8, 4) is 5.75 Å². The zero-order valence-corrected chi connectivity index (χ0v) is 10.6. The van der Waals surface area contributed by atoms with Gasteiger partial charge in [-0.1, -0.05) is 17.7 Å². The maximum atomic E-state index is 5.61. The van der Waals surface area contributed by atoms with E-state index in [9.17, 15) is 0 Å². The van der Waals surface area contributed by atoms with Crippen molar-refractivity contribution in [3.05, 3.63) is 53.5 Å². The number of nitrogens with two attached hydrogens (primary N) is 1. The van der Waals surface area contributed by atoms with E-state index in [-0.39, 0.29) is 6.04 Å². The van der Waals surface area contributed by atoms with Crippen LogP contribution in [0.3, 0.4) is 0 Å². The Hall–Kier alpha value is -1.78. The van der Waals surface area contributed by atoms with E-state index in [1.807, 2.05) is 18.2 Å². The number of ether oxygens (including phenoxy) is 1. The molecule has 0 radical (unpaired) electrons. The molecule has 0 saturated heterocycles. The lowest BCUT2D eigenvalue weighted by Gasteiger charge is -2.16. The second-order valence-corrected chi connectivity index (χ2v) is 4.30. The zero-order valence-electron chi connectivity index (χ0n) is 10.6. The van der Waals surface area contributed by atoms with Crippen LogP contribution in [0, 0.1) is 6.92 Å². The highest BCUT2D eigenvalue weighted by Crippen LogP contribution is 2.25. The number of hydrazine groups is 1. The fourth-order valence-corrected chi connectivity index (χ4v) is 2.03. The first kappa shape index (κ1) is 12.7. The molecule has 1 unspecified atom stereocenters. The number of hydrogen-bond acceptors (Lipinski definition) is 4. The van der Waals surface area contributed by atoms with E-state index >= 15 is 0 Å². The first-order valence-electron chi connectivity index (χ1n) is 5.86. The third-order valence-electron chi connectivity index (χ3n) is 3.01. The van der Waals surface area contributed by atoms with Crippen LogP contribution in [0.15, 0.2) is 41.2 Å². The molecule has 0 aliphatic heterocycles. The van der Waals surface area contributed by atoms with Gasteiger partial charge in [0.05, 0.1) is 25.7 Å². The van der Waals surface area contributed by atoms with Crippen molar-refractivity contribution in [1.82, 2.24) is 5.43 Å². The molecule has 1 aromatic carbocycles. The van der Waals surface area contributed by atoms with Gasteiger partial charge in [0.25, 0.3) is 0 Å². The number of methoxy groups -OCH3 is 1. The zero-order chi connectivity index (χ0) is 13.0. The molecule has 0 bridgehead atoms. The second-order valence-electron chi connectivity index (χ2n) is 4.30. The molecular formula is C14H18N2O2. The Morgan fingerprint density at radius 1 is 1.39 bits per heavy atom. The van der Waals surface area contributed by atoms with Gasteiger partial charge in [-0.3, -0.25) is 11.3 Å². The normalized spacial score (nSPS) is 12.4. The molecular weight excluding hydrogens is 228 g/mol. The van der Waals surface area contributed by atoms with Crippen molar-refractivity contribution >= 4 is 0 Å². The van der Waals surface area contributed by atoms with Crippen LogP contribution in [0.4, 0.5) is 0 Å². The van der Waals surface area contributed by atoms with Gasteiger partial charge in [-0.15, -0.1) is 0 Å². The molecule has 0 aliphatic carbocycles. The first-order chi connectivity index (χ1) is 8.74. The monoisotopic (exact) mass is 246 g/mol. The highest BCUT2D eigenvalue weighted by atomic mass is 16.5. The molecule has 1 atom stereocenters. The van der Waals surface area contributed by atoms with E-state index < -0.39 is 0 Å². The van der Waals surface area contributed by atoms with Crippen molar-refractivity contribution in [2.45, 2.75) is 19.4 Å². The molecule has 2 aromatic rings. The van der Waals surface area contributed by atoms with Crippen LogP contribution in [0.1, 0.15) is 22.7 Å². The Kier molecular flexibility index (Phi) is 4.02. The average molecular weight is 246 g/mol. The van der Waals surface area contributed by atoms with E-state index in [0.29, 0.717) is 0 Å². The highest BCUT2D eigenvalue weighted by Gasteiger charge is 2.14. The minimum Gasteiger partial charge on any atom is -0.496 e. The molecule has 0 saturated carbocycles. The van der Waals surface area contributed by atoms with Crippen molar-refractivity contribution in [2.75, 3.05) is 7.11 Å². The van der Waals surface area contributed by atoms with Gasteiger partial charge < -0.3 is 9.15 Å². The van der Waals surface area contributed by atoms with Crippen molar-refractivity contribution in [3.63, 3.8) is 0 Å². The summed E-state index contributed by atoms with van der Waals surface area (Å²) < 4.78 is 10.5. The number of furan rings is 1. The Balaban J connectivity index is 2.24. The molecule has 0 amide bonds. The molecule has 1 aromatic heterocycles. The first-order valence-corrected chi connectivity index (χ1v) is 5.86. The van der Waals surface area contributed by atoms with Gasteiger partial charge >= 0.3 is 0 Å². The largest absolute Gasteiger partial charge is 0.496 e. The summed E-state index contributed by atoms with van der Waals surface area (Å²) in [5.41, 5.74) is 6.17. The van der Waals surface area contributed by atoms with Crippen LogP contribution < -0.4 is 16.0 Å². The topological polar surface area (TPSA) is 60.4 Å². The maximum Gasteiger partial charge on any atom is 0.122 e. The van der Waals surface area contributed by atoms with Crippen LogP contribution in [-0.4, -0.2) is 7.11 Å². The van der Waals surface area contributed by atoms with E-state index in [4.69, 9.17) is 15.0 Å². The minimum atomic E-state index is 0.0134. The molecule has 0 spiro atoms. The fourth-order valence-electron chi connectivity index (χ4n) is 2.03. The highest BCUT2D eigenvalue weighted by molar-refractivity contribution is 5.38. The van der Waals surface area contributed by atoms with E-state index in [1.54, 1.807) is 19.6 Å². The Labute approximate surface area is 107 Å². The molecule has 4 heteroatoms. The van der Waals surface area contributed by atoms with Crippen LogP contribution >= 0.6 is 0 Å². The third kappa shape index (κ3) is 2.72. The lowest BCUT2D eigenvalue weighted by molar-refractivity contribution is 0.405. The summed E-state index contributed by atoms with van der Waals surface area (Å²) in [5.74, 6) is 6.49. The molecule has 18 heavy (non-hydrogen) atoms. The summed E-state index contributed by atoms with van der Waals surface area (Å²) in [5, 5.41) is 0. The van der Waals surface area contributed by atoms with Crippen molar-refractivity contribution < 1.29 is 9.15 Å². The minimum absolute atomic E-state index is 0.0134. The summed E-state index contributed by atoms with van der Waals surface area (Å²) in [6, 6.07) is 8.05. The Bertz CT molecular complexity index is 495. The molecule has 4 nitrogen and oxygen atoms in total. The van der Waals surface area contributed by atoms with Crippen molar-refractivity contribution in [2.24, 2.45) is 5.84 Å². The molecule has 0 fully saturated rings. The van der Waals surface area contributed by atoms with Crippen molar-refractivity contribution in [1.29, 1.82) is 0 Å². The quantitative estimate of drug-likeness (QED) is 0.628. The van der Waals surface area contributed by atoms with Crippen LogP contribution in [0.25, 0.3) is 0 Å². The van der Waals surface area contributed by atoms with E-state index in [0.717, 1.165) is 23.3 Å². The number of hydrogen-bond donors (Lipinski definition) is 2. The third-order valence-corrected chi connectivity index (χ3v) is 3.01. The average Bonchev–Trinajstić information content (AvgIpc) is 2.90. The van der Waals surface area contributed by atoms with Crippen LogP contribution in [-0.2, 0) is 6.42 Å². The van der Waals surface area contributed by atoms with E-state index in [2.05, 4.69) is 18.4 Å². The standard InChI is InChI=1S/C14H18N2O2/c1-10-3-4-14(17-2)12(7-10)8-13(16-15)11-5-6-18-9-11/h3-7,9,13,16H,8,15H2,1-2H3. The summed E-state index contributed by atoms with van der Waals surface area (Å²) in [4.78, 5) is 0. The van der Waals surface area contributed by atoms with Gasteiger partial charge in [0.2, 0.25) is 0 Å². The molecule has 0 aliphatic rings. The summed E-state index contributed by atoms with van der Waals surface area (Å²) in [7, 11) is 1.68. The second kappa shape index (κ2) is 5.71. The smallest absolute Gasteiger partial charge is 0.122 e. The lowest BCUT2D eigenvalue weighted by atomic mass is 9.99. The number of aryl methyl sites for hydroxylation is 1. The van der Waals surface area contributed by atoms with Gasteiger partial charge in [0, 0.05) is 5.56 Å². The number of rotatable bonds is 5. The SMILES string of the molecule is COc1ccc(C)cc1CC(NN)c1ccoc1. The van der Waals surface area contributed by atoms with Gasteiger partial charge in [-0.05, 0) is 31.0 Å². The predicted molar refractivity (Wildman–Crippen MR) is 70.2 cm³/mol. The summed E-state index contributed by atoms with van der Waals surface area (Å²) in [6.45, 7) is 2.06. The predicted octanol–water partition coefficient (Wildman–Crippen LogP) is 2.34. The number of benzene rings is 1. The van der Waals surface area contributed by atoms with E-state index in [1.165, 1.54) is 5.56 Å². The summed E-state index contributed by atoms with van der Waals surface area (Å²) >= 11 is 0. The summed E-state index contributed by atoms with van der Waals surface area (Å²) in [6.07, 6.45) is 4.10. The molecule has 2 rings (SSSR count). The molecule has 1 heterocycles. The molecule has 3 N–H and O–H groups in total. The van der Waals surface area contributed by atoms with Gasteiger partial charge in [-0.2, -0.15) is 0 Å². The Morgan fingerprint density at radius 2 is 2.22 bits per heavy atom.